The quantitative estimate of drug-likeness (QED) is 0.385. The lowest BCUT2D eigenvalue weighted by Crippen LogP contribution is -2.39. The molecule has 186 valence electrons. The van der Waals surface area contributed by atoms with Gasteiger partial charge in [0, 0.05) is 11.4 Å². The van der Waals surface area contributed by atoms with Crippen molar-refractivity contribution in [3.05, 3.63) is 57.9 Å². The molecule has 0 spiro atoms. The van der Waals surface area contributed by atoms with Gasteiger partial charge in [-0.2, -0.15) is 13.2 Å². The Bertz CT molecular complexity index is 970. The van der Waals surface area contributed by atoms with Crippen molar-refractivity contribution in [2.24, 2.45) is 0 Å². The third kappa shape index (κ3) is 5.43. The Hall–Kier alpha value is -3.30. The second-order valence-corrected chi connectivity index (χ2v) is 7.41. The lowest BCUT2D eigenvalue weighted by molar-refractivity contribution is -0.142. The number of ether oxygens (including phenoxy) is 3. The van der Waals surface area contributed by atoms with E-state index < -0.39 is 35.7 Å². The Balaban J connectivity index is 2.91. The van der Waals surface area contributed by atoms with Crippen LogP contribution < -0.4 is 0 Å². The van der Waals surface area contributed by atoms with E-state index in [1.807, 2.05) is 0 Å². The maximum absolute atomic E-state index is 13.9. The molecule has 0 N–H and O–H groups in total. The number of carbonyl (C=O) groups excluding carboxylic acids is 3. The minimum absolute atomic E-state index is 0.00655. The highest BCUT2D eigenvalue weighted by atomic mass is 19.4. The van der Waals surface area contributed by atoms with Crippen LogP contribution in [0, 0.1) is 0 Å². The van der Waals surface area contributed by atoms with Crippen LogP contribution in [0.5, 0.6) is 0 Å². The van der Waals surface area contributed by atoms with Crippen molar-refractivity contribution in [3.63, 3.8) is 0 Å². The highest BCUT2D eigenvalue weighted by Gasteiger charge is 2.46. The Morgan fingerprint density at radius 2 is 1.38 bits per heavy atom. The fourth-order valence-electron chi connectivity index (χ4n) is 3.85. The van der Waals surface area contributed by atoms with Crippen molar-refractivity contribution in [2.75, 3.05) is 19.8 Å². The molecule has 0 saturated carbocycles. The number of allylic oxidation sites excluding steroid dienone is 2. The first-order chi connectivity index (χ1) is 16.0. The summed E-state index contributed by atoms with van der Waals surface area (Å²) in [5.74, 6) is -3.39. The fourth-order valence-corrected chi connectivity index (χ4v) is 3.85. The topological polar surface area (TPSA) is 82.1 Å². The van der Waals surface area contributed by atoms with Crippen molar-refractivity contribution in [1.29, 1.82) is 0 Å². The molecule has 0 fully saturated rings. The molecular formula is C24H28F3NO6. The molecule has 0 saturated heterocycles. The number of halogens is 3. The van der Waals surface area contributed by atoms with Crippen LogP contribution >= 0.6 is 0 Å². The van der Waals surface area contributed by atoms with Gasteiger partial charge < -0.3 is 14.2 Å². The van der Waals surface area contributed by atoms with Gasteiger partial charge in [0.25, 0.3) is 0 Å². The molecule has 34 heavy (non-hydrogen) atoms. The maximum Gasteiger partial charge on any atom is 0.418 e. The largest absolute Gasteiger partial charge is 0.463 e. The number of benzene rings is 1. The molecule has 0 aliphatic carbocycles. The summed E-state index contributed by atoms with van der Waals surface area (Å²) in [6, 6.07) is 4.65. The molecule has 1 amide bonds. The van der Waals surface area contributed by atoms with E-state index in [4.69, 9.17) is 14.2 Å². The molecule has 0 radical (unpaired) electrons. The summed E-state index contributed by atoms with van der Waals surface area (Å²) in [4.78, 5) is 40.0. The normalized spacial score (nSPS) is 14.9. The van der Waals surface area contributed by atoms with Crippen LogP contribution in [-0.2, 0) is 30.0 Å². The van der Waals surface area contributed by atoms with Crippen LogP contribution in [0.15, 0.2) is 46.8 Å². The minimum atomic E-state index is -4.77. The molecule has 1 heterocycles. The molecule has 0 bridgehead atoms. The maximum atomic E-state index is 13.9. The van der Waals surface area contributed by atoms with Crippen molar-refractivity contribution >= 4 is 18.0 Å². The van der Waals surface area contributed by atoms with E-state index in [2.05, 4.69) is 0 Å². The van der Waals surface area contributed by atoms with Gasteiger partial charge in [0.2, 0.25) is 0 Å². The first-order valence-electron chi connectivity index (χ1n) is 10.9. The molecule has 7 nitrogen and oxygen atoms in total. The van der Waals surface area contributed by atoms with Gasteiger partial charge in [-0.3, -0.25) is 4.90 Å². The van der Waals surface area contributed by atoms with Crippen molar-refractivity contribution < 1.29 is 41.8 Å². The molecular weight excluding hydrogens is 455 g/mol. The fraction of sp³-hybridized carbons (Fsp3) is 0.458. The van der Waals surface area contributed by atoms with Crippen LogP contribution in [0.4, 0.5) is 18.0 Å². The highest BCUT2D eigenvalue weighted by Crippen LogP contribution is 2.46. The van der Waals surface area contributed by atoms with E-state index in [1.165, 1.54) is 45.9 Å². The van der Waals surface area contributed by atoms with Gasteiger partial charge in [-0.05, 0) is 45.7 Å². The third-order valence-corrected chi connectivity index (χ3v) is 5.21. The summed E-state index contributed by atoms with van der Waals surface area (Å²) in [6.07, 6.45) is -5.12. The zero-order valence-electron chi connectivity index (χ0n) is 19.7. The number of amides is 1. The minimum Gasteiger partial charge on any atom is -0.463 e. The average Bonchev–Trinajstić information content (AvgIpc) is 2.76. The molecule has 0 unspecified atom stereocenters. The first kappa shape index (κ1) is 26.9. The lowest BCUT2D eigenvalue weighted by atomic mass is 9.78. The van der Waals surface area contributed by atoms with Gasteiger partial charge in [-0.1, -0.05) is 25.1 Å². The Morgan fingerprint density at radius 3 is 1.82 bits per heavy atom. The SMILES string of the molecule is CCCOC(=O)N1C(C)=C(C(=O)OCC)C(c2ccccc2C(F)(F)F)C(C(=O)OCC)=C1C. The predicted molar refractivity (Wildman–Crippen MR) is 116 cm³/mol. The van der Waals surface area contributed by atoms with E-state index in [-0.39, 0.29) is 47.9 Å². The van der Waals surface area contributed by atoms with Crippen LogP contribution in [0.1, 0.15) is 58.1 Å². The number of carbonyl (C=O) groups is 3. The van der Waals surface area contributed by atoms with Crippen LogP contribution in [0.25, 0.3) is 0 Å². The van der Waals surface area contributed by atoms with Crippen molar-refractivity contribution in [2.45, 2.75) is 53.1 Å². The standard InChI is InChI=1S/C24H28F3NO6/c1-6-13-34-23(31)28-14(4)18(21(29)32-7-2)20(19(15(28)5)22(30)33-8-3)16-11-9-10-12-17(16)24(25,26)27/h9-12,20H,6-8,13H2,1-5H3. The van der Waals surface area contributed by atoms with E-state index in [0.29, 0.717) is 6.42 Å². The zero-order valence-corrected chi connectivity index (χ0v) is 19.7. The van der Waals surface area contributed by atoms with Crippen molar-refractivity contribution in [1.82, 2.24) is 4.90 Å². The third-order valence-electron chi connectivity index (χ3n) is 5.21. The second-order valence-electron chi connectivity index (χ2n) is 7.41. The molecule has 1 aliphatic rings. The van der Waals surface area contributed by atoms with Gasteiger partial charge in [0.05, 0.1) is 42.4 Å². The summed E-state index contributed by atoms with van der Waals surface area (Å²) in [6.45, 7) is 7.59. The number of hydrogen-bond acceptors (Lipinski definition) is 6. The second kappa shape index (κ2) is 11.2. The molecule has 1 aromatic carbocycles. The Labute approximate surface area is 196 Å². The number of nitrogens with zero attached hydrogens (tertiary/aromatic N) is 1. The van der Waals surface area contributed by atoms with Crippen LogP contribution in [0.2, 0.25) is 0 Å². The zero-order chi connectivity index (χ0) is 25.6. The van der Waals surface area contributed by atoms with E-state index in [0.717, 1.165) is 11.0 Å². The lowest BCUT2D eigenvalue weighted by Gasteiger charge is -2.36. The van der Waals surface area contributed by atoms with E-state index >= 15 is 0 Å². The average molecular weight is 483 g/mol. The molecule has 1 aliphatic heterocycles. The molecule has 0 aromatic heterocycles. The van der Waals surface area contributed by atoms with Crippen LogP contribution in [-0.4, -0.2) is 42.8 Å². The molecule has 10 heteroatoms. The summed E-state index contributed by atoms with van der Waals surface area (Å²) in [5.41, 5.74) is -1.90. The number of hydrogen-bond donors (Lipinski definition) is 0. The predicted octanol–water partition coefficient (Wildman–Crippen LogP) is 5.33. The molecule has 2 rings (SSSR count). The monoisotopic (exact) mass is 483 g/mol. The first-order valence-corrected chi connectivity index (χ1v) is 10.9. The van der Waals surface area contributed by atoms with Gasteiger partial charge >= 0.3 is 24.2 Å². The van der Waals surface area contributed by atoms with Crippen molar-refractivity contribution in [3.8, 4) is 0 Å². The van der Waals surface area contributed by atoms with Gasteiger partial charge in [-0.25, -0.2) is 14.4 Å². The molecule has 1 aromatic rings. The molecule has 0 atom stereocenters. The van der Waals surface area contributed by atoms with E-state index in [9.17, 15) is 27.6 Å². The smallest absolute Gasteiger partial charge is 0.418 e. The summed E-state index contributed by atoms with van der Waals surface area (Å²) in [5, 5.41) is 0. The Morgan fingerprint density at radius 1 is 0.882 bits per heavy atom. The number of rotatable bonds is 7. The Kier molecular flexibility index (Phi) is 8.89. The number of alkyl halides is 3. The van der Waals surface area contributed by atoms with Gasteiger partial charge in [0.15, 0.2) is 0 Å². The van der Waals surface area contributed by atoms with Crippen LogP contribution in [0.3, 0.4) is 0 Å². The summed E-state index contributed by atoms with van der Waals surface area (Å²) < 4.78 is 57.3. The summed E-state index contributed by atoms with van der Waals surface area (Å²) in [7, 11) is 0. The number of esters is 2. The van der Waals surface area contributed by atoms with Gasteiger partial charge in [0.1, 0.15) is 0 Å². The van der Waals surface area contributed by atoms with Gasteiger partial charge in [-0.15, -0.1) is 0 Å². The summed E-state index contributed by atoms with van der Waals surface area (Å²) >= 11 is 0. The highest BCUT2D eigenvalue weighted by molar-refractivity contribution is 6.01. The van der Waals surface area contributed by atoms with E-state index in [1.54, 1.807) is 6.92 Å².